The molecule has 0 aliphatic carbocycles. The molecule has 1 aromatic heterocycles. The molecule has 0 amide bonds. The number of hydrogen-bond donors (Lipinski definition) is 0. The Morgan fingerprint density at radius 1 is 1.39 bits per heavy atom. The second kappa shape index (κ2) is 6.16. The maximum atomic E-state index is 10.5. The lowest BCUT2D eigenvalue weighted by atomic mass is 9.96. The van der Waals surface area contributed by atoms with Gasteiger partial charge in [-0.15, -0.1) is 0 Å². The van der Waals surface area contributed by atoms with E-state index in [0.29, 0.717) is 5.76 Å². The molecule has 0 saturated carbocycles. The van der Waals surface area contributed by atoms with Gasteiger partial charge in [0.05, 0.1) is 6.54 Å². The number of likely N-dealkylation sites (tertiary alicyclic amines) is 1. The maximum Gasteiger partial charge on any atom is 0.185 e. The van der Waals surface area contributed by atoms with Gasteiger partial charge >= 0.3 is 0 Å². The number of hydrogen-bond acceptors (Lipinski definition) is 4. The fourth-order valence-corrected chi connectivity index (χ4v) is 2.61. The van der Waals surface area contributed by atoms with E-state index in [2.05, 4.69) is 23.9 Å². The molecule has 0 unspecified atom stereocenters. The van der Waals surface area contributed by atoms with Crippen molar-refractivity contribution in [3.05, 3.63) is 23.7 Å². The molecular weight excluding hydrogens is 228 g/mol. The van der Waals surface area contributed by atoms with Crippen LogP contribution in [0.2, 0.25) is 0 Å². The minimum Gasteiger partial charge on any atom is -0.457 e. The lowest BCUT2D eigenvalue weighted by Crippen LogP contribution is -2.36. The van der Waals surface area contributed by atoms with Gasteiger partial charge in [-0.2, -0.15) is 0 Å². The van der Waals surface area contributed by atoms with Crippen LogP contribution in [0.5, 0.6) is 0 Å². The number of piperidine rings is 1. The van der Waals surface area contributed by atoms with Crippen molar-refractivity contribution in [1.29, 1.82) is 0 Å². The molecule has 18 heavy (non-hydrogen) atoms. The zero-order chi connectivity index (χ0) is 13.0. The molecule has 0 aromatic carbocycles. The summed E-state index contributed by atoms with van der Waals surface area (Å²) >= 11 is 0. The molecule has 0 radical (unpaired) electrons. The summed E-state index contributed by atoms with van der Waals surface area (Å²) in [4.78, 5) is 15.2. The first-order valence-electron chi connectivity index (χ1n) is 6.58. The smallest absolute Gasteiger partial charge is 0.185 e. The number of rotatable bonds is 5. The molecule has 1 aromatic rings. The minimum absolute atomic E-state index is 0.424. The highest BCUT2D eigenvalue weighted by Gasteiger charge is 2.20. The molecule has 1 aliphatic rings. The van der Waals surface area contributed by atoms with Crippen LogP contribution >= 0.6 is 0 Å². The number of carbonyl (C=O) groups excluding carboxylic acids is 1. The molecule has 1 aliphatic heterocycles. The lowest BCUT2D eigenvalue weighted by molar-refractivity contribution is 0.109. The number of furan rings is 1. The van der Waals surface area contributed by atoms with E-state index in [1.165, 1.54) is 19.4 Å². The van der Waals surface area contributed by atoms with Gasteiger partial charge in [0, 0.05) is 6.54 Å². The first-order valence-corrected chi connectivity index (χ1v) is 6.58. The average molecular weight is 250 g/mol. The van der Waals surface area contributed by atoms with Crippen molar-refractivity contribution in [2.45, 2.75) is 19.4 Å². The van der Waals surface area contributed by atoms with Gasteiger partial charge in [0.25, 0.3) is 0 Å². The van der Waals surface area contributed by atoms with E-state index in [4.69, 9.17) is 4.42 Å². The van der Waals surface area contributed by atoms with Gasteiger partial charge < -0.3 is 9.32 Å². The van der Waals surface area contributed by atoms with Gasteiger partial charge in [0.15, 0.2) is 12.0 Å². The quantitative estimate of drug-likeness (QED) is 0.748. The maximum absolute atomic E-state index is 10.5. The van der Waals surface area contributed by atoms with E-state index in [9.17, 15) is 4.79 Å². The summed E-state index contributed by atoms with van der Waals surface area (Å²) in [5, 5.41) is 0. The summed E-state index contributed by atoms with van der Waals surface area (Å²) in [5.74, 6) is 2.13. The zero-order valence-corrected chi connectivity index (χ0v) is 11.3. The summed E-state index contributed by atoms with van der Waals surface area (Å²) < 4.78 is 5.41. The van der Waals surface area contributed by atoms with Crippen LogP contribution in [-0.4, -0.2) is 49.8 Å². The summed E-state index contributed by atoms with van der Waals surface area (Å²) in [5.41, 5.74) is 0. The van der Waals surface area contributed by atoms with Gasteiger partial charge in [-0.05, 0) is 58.1 Å². The highest BCUT2D eigenvalue weighted by atomic mass is 16.3. The van der Waals surface area contributed by atoms with Gasteiger partial charge in [0.1, 0.15) is 5.76 Å². The van der Waals surface area contributed by atoms with Crippen molar-refractivity contribution < 1.29 is 9.21 Å². The fourth-order valence-electron chi connectivity index (χ4n) is 2.61. The Kier molecular flexibility index (Phi) is 4.55. The van der Waals surface area contributed by atoms with Crippen molar-refractivity contribution in [3.63, 3.8) is 0 Å². The molecule has 0 N–H and O–H groups in total. The van der Waals surface area contributed by atoms with E-state index in [1.54, 1.807) is 6.07 Å². The average Bonchev–Trinajstić information content (AvgIpc) is 2.79. The summed E-state index contributed by atoms with van der Waals surface area (Å²) in [6.07, 6.45) is 3.26. The van der Waals surface area contributed by atoms with Crippen molar-refractivity contribution in [3.8, 4) is 0 Å². The molecule has 0 bridgehead atoms. The first-order chi connectivity index (χ1) is 8.67. The Morgan fingerprint density at radius 2 is 2.11 bits per heavy atom. The SMILES string of the molecule is CN(C)CC1CCN(Cc2ccc(C=O)o2)CC1. The first kappa shape index (κ1) is 13.3. The minimum atomic E-state index is 0.424. The van der Waals surface area contributed by atoms with Crippen molar-refractivity contribution >= 4 is 6.29 Å². The summed E-state index contributed by atoms with van der Waals surface area (Å²) in [7, 11) is 4.27. The third-order valence-electron chi connectivity index (χ3n) is 3.51. The Balaban J connectivity index is 1.78. The molecule has 1 fully saturated rings. The molecule has 100 valence electrons. The predicted octanol–water partition coefficient (Wildman–Crippen LogP) is 1.87. The monoisotopic (exact) mass is 250 g/mol. The van der Waals surface area contributed by atoms with Crippen LogP contribution in [0.25, 0.3) is 0 Å². The number of aldehydes is 1. The second-order valence-corrected chi connectivity index (χ2v) is 5.40. The Morgan fingerprint density at radius 3 is 2.67 bits per heavy atom. The van der Waals surface area contributed by atoms with Gasteiger partial charge in [-0.1, -0.05) is 0 Å². The normalized spacial score (nSPS) is 18.4. The van der Waals surface area contributed by atoms with E-state index in [1.807, 2.05) is 6.07 Å². The molecule has 4 heteroatoms. The Bertz CT molecular complexity index is 379. The van der Waals surface area contributed by atoms with Gasteiger partial charge in [0.2, 0.25) is 0 Å². The van der Waals surface area contributed by atoms with Crippen LogP contribution in [-0.2, 0) is 6.54 Å². The number of carbonyl (C=O) groups is 1. The van der Waals surface area contributed by atoms with Crippen molar-refractivity contribution in [1.82, 2.24) is 9.80 Å². The Labute approximate surface area is 109 Å². The standard InChI is InChI=1S/C14H22N2O2/c1-15(2)9-12-5-7-16(8-6-12)10-13-3-4-14(11-17)18-13/h3-4,11-12H,5-10H2,1-2H3. The van der Waals surface area contributed by atoms with Crippen molar-refractivity contribution in [2.24, 2.45) is 5.92 Å². The Hall–Kier alpha value is -1.13. The van der Waals surface area contributed by atoms with E-state index >= 15 is 0 Å². The predicted molar refractivity (Wildman–Crippen MR) is 70.7 cm³/mol. The summed E-state index contributed by atoms with van der Waals surface area (Å²) in [6.45, 7) is 4.25. The third kappa shape index (κ3) is 3.68. The van der Waals surface area contributed by atoms with Crippen LogP contribution in [0.4, 0.5) is 0 Å². The van der Waals surface area contributed by atoms with Gasteiger partial charge in [-0.3, -0.25) is 9.69 Å². The highest BCUT2D eigenvalue weighted by molar-refractivity contribution is 5.70. The van der Waals surface area contributed by atoms with Crippen LogP contribution in [0.15, 0.2) is 16.5 Å². The van der Waals surface area contributed by atoms with Crippen LogP contribution in [0.1, 0.15) is 29.2 Å². The molecule has 2 rings (SSSR count). The molecular formula is C14H22N2O2. The van der Waals surface area contributed by atoms with Crippen molar-refractivity contribution in [2.75, 3.05) is 33.7 Å². The van der Waals surface area contributed by atoms with Crippen LogP contribution in [0.3, 0.4) is 0 Å². The fraction of sp³-hybridized carbons (Fsp3) is 0.643. The topological polar surface area (TPSA) is 36.7 Å². The van der Waals surface area contributed by atoms with E-state index < -0.39 is 0 Å². The molecule has 4 nitrogen and oxygen atoms in total. The van der Waals surface area contributed by atoms with E-state index in [-0.39, 0.29) is 0 Å². The van der Waals surface area contributed by atoms with Crippen LogP contribution in [0, 0.1) is 5.92 Å². The van der Waals surface area contributed by atoms with E-state index in [0.717, 1.165) is 37.6 Å². The zero-order valence-electron chi connectivity index (χ0n) is 11.3. The molecule has 1 saturated heterocycles. The highest BCUT2D eigenvalue weighted by Crippen LogP contribution is 2.20. The molecule has 0 atom stereocenters. The third-order valence-corrected chi connectivity index (χ3v) is 3.51. The lowest BCUT2D eigenvalue weighted by Gasteiger charge is -2.32. The molecule has 2 heterocycles. The second-order valence-electron chi connectivity index (χ2n) is 5.40. The number of nitrogens with zero attached hydrogens (tertiary/aromatic N) is 2. The largest absolute Gasteiger partial charge is 0.457 e. The summed E-state index contributed by atoms with van der Waals surface area (Å²) in [6, 6.07) is 3.64. The van der Waals surface area contributed by atoms with Crippen LogP contribution < -0.4 is 0 Å². The van der Waals surface area contributed by atoms with Gasteiger partial charge in [-0.25, -0.2) is 0 Å². The molecule has 0 spiro atoms.